The summed E-state index contributed by atoms with van der Waals surface area (Å²) in [5.41, 5.74) is 5.44. The van der Waals surface area contributed by atoms with Crippen molar-refractivity contribution in [2.24, 2.45) is 0 Å². The fourth-order valence-electron chi connectivity index (χ4n) is 0.669. The van der Waals surface area contributed by atoms with Gasteiger partial charge in [0.05, 0.1) is 5.02 Å². The highest BCUT2D eigenvalue weighted by Gasteiger charge is 2.15. The van der Waals surface area contributed by atoms with Crippen molar-refractivity contribution in [1.29, 1.82) is 0 Å². The van der Waals surface area contributed by atoms with Crippen molar-refractivity contribution in [2.75, 3.05) is 5.73 Å². The van der Waals surface area contributed by atoms with Gasteiger partial charge in [-0.05, 0) is 6.07 Å². The first-order valence-electron chi connectivity index (χ1n) is 2.88. The number of halogens is 1. The van der Waals surface area contributed by atoms with E-state index in [4.69, 9.17) is 27.4 Å². The van der Waals surface area contributed by atoms with Crippen LogP contribution in [0.3, 0.4) is 0 Å². The summed E-state index contributed by atoms with van der Waals surface area (Å²) in [6, 6.07) is 1.31. The third kappa shape index (κ3) is 1.83. The van der Waals surface area contributed by atoms with Crippen molar-refractivity contribution >= 4 is 30.0 Å². The number of nitrogens with two attached hydrogens (primary N) is 1. The topological polar surface area (TPSA) is 79.4 Å². The van der Waals surface area contributed by atoms with Crippen LogP contribution >= 0.6 is 11.6 Å². The maximum absolute atomic E-state index is 8.72. The molecule has 0 atom stereocenters. The van der Waals surface area contributed by atoms with Gasteiger partial charge in [-0.1, -0.05) is 11.6 Å². The molecule has 0 aliphatic carbocycles. The lowest BCUT2D eigenvalue weighted by Gasteiger charge is -2.01. The molecule has 1 aromatic rings. The predicted molar refractivity (Wildman–Crippen MR) is 43.5 cm³/mol. The van der Waals surface area contributed by atoms with Gasteiger partial charge >= 0.3 is 7.12 Å². The Morgan fingerprint density at radius 3 is 2.64 bits per heavy atom. The lowest BCUT2D eigenvalue weighted by Crippen LogP contribution is -2.31. The molecule has 4 N–H and O–H groups in total. The summed E-state index contributed by atoms with van der Waals surface area (Å²) < 4.78 is 0. The Hall–Kier alpha value is -0.775. The molecular formula is C5H6BClN2O2. The second-order valence-electron chi connectivity index (χ2n) is 2.00. The zero-order chi connectivity index (χ0) is 8.43. The Kier molecular flexibility index (Phi) is 2.33. The van der Waals surface area contributed by atoms with Gasteiger partial charge in [-0.25, -0.2) is 4.98 Å². The summed E-state index contributed by atoms with van der Waals surface area (Å²) in [5, 5.41) is 17.6. The van der Waals surface area contributed by atoms with E-state index in [0.717, 1.165) is 0 Å². The number of anilines is 1. The number of hydrogen-bond acceptors (Lipinski definition) is 4. The van der Waals surface area contributed by atoms with Gasteiger partial charge in [-0.3, -0.25) is 0 Å². The Balaban J connectivity index is 3.13. The molecule has 1 rings (SSSR count). The van der Waals surface area contributed by atoms with E-state index in [0.29, 0.717) is 0 Å². The normalized spacial score (nSPS) is 9.73. The van der Waals surface area contributed by atoms with Gasteiger partial charge in [0.2, 0.25) is 0 Å². The zero-order valence-electron chi connectivity index (χ0n) is 5.53. The first-order valence-corrected chi connectivity index (χ1v) is 3.26. The maximum Gasteiger partial charge on any atom is 0.490 e. The fraction of sp³-hybridized carbons (Fsp3) is 0. The van der Waals surface area contributed by atoms with Crippen molar-refractivity contribution in [3.05, 3.63) is 17.3 Å². The van der Waals surface area contributed by atoms with Gasteiger partial charge < -0.3 is 15.8 Å². The number of nitrogen functional groups attached to an aromatic ring is 1. The Morgan fingerprint density at radius 2 is 2.18 bits per heavy atom. The number of aromatic nitrogens is 1. The average Bonchev–Trinajstić information content (AvgIpc) is 1.94. The maximum atomic E-state index is 8.72. The predicted octanol–water partition coefficient (Wildman–Crippen LogP) is -1.00. The molecule has 11 heavy (non-hydrogen) atoms. The van der Waals surface area contributed by atoms with E-state index >= 15 is 0 Å². The Bertz CT molecular complexity index is 269. The van der Waals surface area contributed by atoms with Crippen LogP contribution in [0.15, 0.2) is 12.3 Å². The summed E-state index contributed by atoms with van der Waals surface area (Å²) in [5.74, 6) is 0.206. The fourth-order valence-corrected chi connectivity index (χ4v) is 0.870. The molecule has 58 valence electrons. The van der Waals surface area contributed by atoms with E-state index in [1.165, 1.54) is 12.3 Å². The first kappa shape index (κ1) is 8.32. The summed E-state index contributed by atoms with van der Waals surface area (Å²) in [7, 11) is -1.60. The molecule has 0 fully saturated rings. The minimum absolute atomic E-state index is 0.166. The smallest absolute Gasteiger partial charge is 0.423 e. The number of nitrogens with zero attached hydrogens (tertiary/aromatic N) is 1. The van der Waals surface area contributed by atoms with Crippen LogP contribution in [0.25, 0.3) is 0 Å². The zero-order valence-corrected chi connectivity index (χ0v) is 6.28. The minimum atomic E-state index is -1.60. The van der Waals surface area contributed by atoms with E-state index in [9.17, 15) is 0 Å². The van der Waals surface area contributed by atoms with E-state index in [2.05, 4.69) is 4.98 Å². The lowest BCUT2D eigenvalue weighted by molar-refractivity contribution is 0.426. The van der Waals surface area contributed by atoms with Crippen molar-refractivity contribution < 1.29 is 10.0 Å². The van der Waals surface area contributed by atoms with Crippen LogP contribution in [-0.2, 0) is 0 Å². The van der Waals surface area contributed by atoms with Crippen molar-refractivity contribution in [3.63, 3.8) is 0 Å². The van der Waals surface area contributed by atoms with Gasteiger partial charge in [-0.2, -0.15) is 0 Å². The highest BCUT2D eigenvalue weighted by molar-refractivity contribution is 6.62. The first-order chi connectivity index (χ1) is 5.11. The standard InChI is InChI=1S/C5H6BClN2O2/c7-4-2-9-5(8)1-3(4)6(10)11/h1-2,10-11H,(H2,8,9). The van der Waals surface area contributed by atoms with E-state index < -0.39 is 7.12 Å². The molecule has 0 amide bonds. The third-order valence-corrected chi connectivity index (χ3v) is 1.50. The molecule has 0 saturated carbocycles. The minimum Gasteiger partial charge on any atom is -0.423 e. The summed E-state index contributed by atoms with van der Waals surface area (Å²) in [6.07, 6.45) is 1.27. The average molecular weight is 172 g/mol. The summed E-state index contributed by atoms with van der Waals surface area (Å²) in [6.45, 7) is 0. The Morgan fingerprint density at radius 1 is 1.55 bits per heavy atom. The SMILES string of the molecule is Nc1cc(B(O)O)c(Cl)cn1. The summed E-state index contributed by atoms with van der Waals surface area (Å²) >= 11 is 5.55. The second-order valence-corrected chi connectivity index (χ2v) is 2.41. The van der Waals surface area contributed by atoms with Crippen LogP contribution in [0.5, 0.6) is 0 Å². The van der Waals surface area contributed by atoms with Crippen LogP contribution in [0, 0.1) is 0 Å². The second kappa shape index (κ2) is 3.08. The molecular weight excluding hydrogens is 166 g/mol. The van der Waals surface area contributed by atoms with Gasteiger partial charge in [0.25, 0.3) is 0 Å². The van der Waals surface area contributed by atoms with E-state index in [1.807, 2.05) is 0 Å². The highest BCUT2D eigenvalue weighted by atomic mass is 35.5. The molecule has 0 aliphatic rings. The van der Waals surface area contributed by atoms with Crippen LogP contribution in [-0.4, -0.2) is 22.2 Å². The quantitative estimate of drug-likeness (QED) is 0.475. The van der Waals surface area contributed by atoms with Gasteiger partial charge in [0.15, 0.2) is 0 Å². The van der Waals surface area contributed by atoms with E-state index in [1.54, 1.807) is 0 Å². The molecule has 4 nitrogen and oxygen atoms in total. The monoisotopic (exact) mass is 172 g/mol. The molecule has 6 heteroatoms. The number of hydrogen-bond donors (Lipinski definition) is 3. The Labute approximate surface area is 68.8 Å². The van der Waals surface area contributed by atoms with Crippen LogP contribution in [0.2, 0.25) is 5.02 Å². The number of pyridine rings is 1. The number of rotatable bonds is 1. The molecule has 0 bridgehead atoms. The molecule has 1 aromatic heterocycles. The third-order valence-electron chi connectivity index (χ3n) is 1.18. The van der Waals surface area contributed by atoms with Crippen molar-refractivity contribution in [2.45, 2.75) is 0 Å². The van der Waals surface area contributed by atoms with Gasteiger partial charge in [-0.15, -0.1) is 0 Å². The van der Waals surface area contributed by atoms with Crippen LogP contribution in [0.1, 0.15) is 0 Å². The lowest BCUT2D eigenvalue weighted by atomic mass is 9.81. The summed E-state index contributed by atoms with van der Waals surface area (Å²) in [4.78, 5) is 3.65. The molecule has 0 unspecified atom stereocenters. The molecule has 0 aromatic carbocycles. The van der Waals surface area contributed by atoms with Crippen molar-refractivity contribution in [1.82, 2.24) is 4.98 Å². The molecule has 0 radical (unpaired) electrons. The van der Waals surface area contributed by atoms with E-state index in [-0.39, 0.29) is 16.3 Å². The van der Waals surface area contributed by atoms with Gasteiger partial charge in [0, 0.05) is 11.7 Å². The largest absolute Gasteiger partial charge is 0.490 e. The highest BCUT2D eigenvalue weighted by Crippen LogP contribution is 2.05. The van der Waals surface area contributed by atoms with Gasteiger partial charge in [0.1, 0.15) is 5.82 Å². The molecule has 0 spiro atoms. The van der Waals surface area contributed by atoms with Crippen LogP contribution in [0.4, 0.5) is 5.82 Å². The molecule has 0 aliphatic heterocycles. The molecule has 1 heterocycles. The molecule has 0 saturated heterocycles. The van der Waals surface area contributed by atoms with Crippen molar-refractivity contribution in [3.8, 4) is 0 Å². The van der Waals surface area contributed by atoms with Crippen LogP contribution < -0.4 is 11.2 Å².